The molecule has 1 aromatic rings. The van der Waals surface area contributed by atoms with E-state index in [9.17, 15) is 24.3 Å². The molecule has 0 aromatic heterocycles. The van der Waals surface area contributed by atoms with Gasteiger partial charge in [0.2, 0.25) is 0 Å². The summed E-state index contributed by atoms with van der Waals surface area (Å²) in [5.74, 6) is -1.96. The second kappa shape index (κ2) is 15.1. The molecule has 1 rings (SSSR count). The molecule has 0 bridgehead atoms. The molecule has 9 heteroatoms. The fourth-order valence-electron chi connectivity index (χ4n) is 3.15. The van der Waals surface area contributed by atoms with Gasteiger partial charge in [-0.15, -0.1) is 0 Å². The van der Waals surface area contributed by atoms with Crippen LogP contribution in [0.4, 0.5) is 0 Å². The first-order chi connectivity index (χ1) is 16.4. The zero-order valence-corrected chi connectivity index (χ0v) is 21.6. The lowest BCUT2D eigenvalue weighted by Crippen LogP contribution is -2.42. The average Bonchev–Trinajstić information content (AvgIpc) is 2.77. The van der Waals surface area contributed by atoms with Crippen LogP contribution in [0, 0.1) is 11.8 Å². The van der Waals surface area contributed by atoms with Crippen LogP contribution in [0.1, 0.15) is 72.8 Å². The third-order valence-corrected chi connectivity index (χ3v) is 5.64. The molecule has 0 fully saturated rings. The maximum atomic E-state index is 12.4. The molecule has 0 saturated heterocycles. The smallest absolute Gasteiger partial charge is 0.321 e. The Morgan fingerprint density at radius 1 is 0.914 bits per heavy atom. The van der Waals surface area contributed by atoms with Crippen molar-refractivity contribution < 1.29 is 38.5 Å². The summed E-state index contributed by atoms with van der Waals surface area (Å²) in [4.78, 5) is 47.6. The van der Waals surface area contributed by atoms with Crippen molar-refractivity contribution in [1.82, 2.24) is 5.32 Å². The van der Waals surface area contributed by atoms with Crippen molar-refractivity contribution >= 4 is 23.9 Å². The largest absolute Gasteiger partial charge is 0.480 e. The number of ether oxygens (including phenoxy) is 3. The highest BCUT2D eigenvalue weighted by Gasteiger charge is 2.22. The summed E-state index contributed by atoms with van der Waals surface area (Å²) in [6, 6.07) is 3.68. The van der Waals surface area contributed by atoms with Gasteiger partial charge in [-0.05, 0) is 42.9 Å². The van der Waals surface area contributed by atoms with Crippen molar-refractivity contribution in [2.24, 2.45) is 11.8 Å². The molecular formula is C26H39NO8. The third kappa shape index (κ3) is 11.8. The SMILES string of the molecule is CCC(C)CC(=O)Oc1ccc(C[C@H](NCC(C)OC(C)=O)C(=O)O)cc1OC(=O)CC(C)CC. The van der Waals surface area contributed by atoms with Gasteiger partial charge in [-0.3, -0.25) is 19.2 Å². The molecule has 0 saturated carbocycles. The topological polar surface area (TPSA) is 128 Å². The summed E-state index contributed by atoms with van der Waals surface area (Å²) in [5, 5.41) is 12.5. The molecule has 196 valence electrons. The van der Waals surface area contributed by atoms with E-state index in [0.717, 1.165) is 12.8 Å². The van der Waals surface area contributed by atoms with Crippen LogP contribution in [-0.2, 0) is 30.3 Å². The Kier molecular flexibility index (Phi) is 13.0. The fourth-order valence-corrected chi connectivity index (χ4v) is 3.15. The minimum atomic E-state index is -1.08. The molecule has 35 heavy (non-hydrogen) atoms. The van der Waals surface area contributed by atoms with Crippen LogP contribution >= 0.6 is 0 Å². The molecule has 4 atom stereocenters. The van der Waals surface area contributed by atoms with Gasteiger partial charge >= 0.3 is 23.9 Å². The lowest BCUT2D eigenvalue weighted by molar-refractivity contribution is -0.145. The number of carbonyl (C=O) groups excluding carboxylic acids is 3. The van der Waals surface area contributed by atoms with Crippen LogP contribution in [0.5, 0.6) is 11.5 Å². The number of carboxylic acids is 1. The Hall–Kier alpha value is -2.94. The Bertz CT molecular complexity index is 869. The molecule has 3 unspecified atom stereocenters. The number of carbonyl (C=O) groups is 4. The first-order valence-corrected chi connectivity index (χ1v) is 12.1. The molecule has 9 nitrogen and oxygen atoms in total. The van der Waals surface area contributed by atoms with Gasteiger partial charge in [-0.1, -0.05) is 46.6 Å². The van der Waals surface area contributed by atoms with Gasteiger partial charge in [0, 0.05) is 26.3 Å². The molecule has 0 amide bonds. The molecule has 0 aliphatic rings. The molecule has 1 aromatic carbocycles. The Morgan fingerprint density at radius 3 is 1.94 bits per heavy atom. The highest BCUT2D eigenvalue weighted by molar-refractivity contribution is 5.77. The average molecular weight is 494 g/mol. The number of aliphatic carboxylic acids is 1. The number of hydrogen-bond donors (Lipinski definition) is 2. The Morgan fingerprint density at radius 2 is 1.46 bits per heavy atom. The molecule has 0 radical (unpaired) electrons. The number of carboxylic acid groups (broad SMARTS) is 1. The maximum Gasteiger partial charge on any atom is 0.321 e. The van der Waals surface area contributed by atoms with Gasteiger partial charge in [-0.2, -0.15) is 0 Å². The lowest BCUT2D eigenvalue weighted by atomic mass is 10.0. The zero-order chi connectivity index (χ0) is 26.5. The van der Waals surface area contributed by atoms with E-state index in [2.05, 4.69) is 5.32 Å². The van der Waals surface area contributed by atoms with Crippen molar-refractivity contribution in [3.05, 3.63) is 23.8 Å². The van der Waals surface area contributed by atoms with Crippen LogP contribution in [-0.4, -0.2) is 47.7 Å². The standard InChI is InChI=1S/C26H39NO8/c1-7-16(3)11-24(29)34-22-10-9-20(14-23(22)35-25(30)12-17(4)8-2)13-21(26(31)32)27-15-18(5)33-19(6)28/h9-10,14,16-18,21,27H,7-8,11-13,15H2,1-6H3,(H,31,32)/t16?,17?,18?,21-/m0/s1. The second-order valence-corrected chi connectivity index (χ2v) is 9.09. The number of nitrogens with one attached hydrogen (secondary N) is 1. The first kappa shape index (κ1) is 30.1. The van der Waals surface area contributed by atoms with E-state index in [4.69, 9.17) is 14.2 Å². The number of rotatable bonds is 15. The minimum absolute atomic E-state index is 0.0686. The second-order valence-electron chi connectivity index (χ2n) is 9.09. The van der Waals surface area contributed by atoms with Crippen molar-refractivity contribution in [2.45, 2.75) is 85.8 Å². The van der Waals surface area contributed by atoms with Crippen LogP contribution in [0.25, 0.3) is 0 Å². The highest BCUT2D eigenvalue weighted by Crippen LogP contribution is 2.30. The predicted molar refractivity (Wildman–Crippen MR) is 130 cm³/mol. The van der Waals surface area contributed by atoms with E-state index >= 15 is 0 Å². The van der Waals surface area contributed by atoms with E-state index in [1.807, 2.05) is 27.7 Å². The van der Waals surface area contributed by atoms with Crippen molar-refractivity contribution in [1.29, 1.82) is 0 Å². The van der Waals surface area contributed by atoms with Gasteiger partial charge < -0.3 is 24.6 Å². The van der Waals surface area contributed by atoms with Gasteiger partial charge in [0.25, 0.3) is 0 Å². The lowest BCUT2D eigenvalue weighted by Gasteiger charge is -2.19. The normalized spacial score (nSPS) is 14.3. The van der Waals surface area contributed by atoms with Gasteiger partial charge in [0.05, 0.1) is 0 Å². The molecular weight excluding hydrogens is 454 g/mol. The molecule has 0 aliphatic carbocycles. The number of hydrogen-bond acceptors (Lipinski definition) is 8. The minimum Gasteiger partial charge on any atom is -0.480 e. The zero-order valence-electron chi connectivity index (χ0n) is 21.6. The summed E-state index contributed by atoms with van der Waals surface area (Å²) in [7, 11) is 0. The van der Waals surface area contributed by atoms with Crippen LogP contribution in [0.2, 0.25) is 0 Å². The third-order valence-electron chi connectivity index (χ3n) is 5.64. The predicted octanol–water partition coefficient (Wildman–Crippen LogP) is 3.91. The van der Waals surface area contributed by atoms with Crippen molar-refractivity contribution in [2.75, 3.05) is 6.54 Å². The van der Waals surface area contributed by atoms with Crippen molar-refractivity contribution in [3.63, 3.8) is 0 Å². The highest BCUT2D eigenvalue weighted by atomic mass is 16.6. The fraction of sp³-hybridized carbons (Fsp3) is 0.615. The maximum absolute atomic E-state index is 12.4. The monoisotopic (exact) mass is 493 g/mol. The van der Waals surface area contributed by atoms with E-state index in [1.54, 1.807) is 13.0 Å². The van der Waals surface area contributed by atoms with Gasteiger partial charge in [0.15, 0.2) is 11.5 Å². The Balaban J connectivity index is 3.07. The van der Waals surface area contributed by atoms with E-state index in [-0.39, 0.29) is 49.1 Å². The molecule has 0 heterocycles. The van der Waals surface area contributed by atoms with E-state index < -0.39 is 36.0 Å². The van der Waals surface area contributed by atoms with Crippen LogP contribution in [0.3, 0.4) is 0 Å². The van der Waals surface area contributed by atoms with Crippen molar-refractivity contribution in [3.8, 4) is 11.5 Å². The summed E-state index contributed by atoms with van der Waals surface area (Å²) >= 11 is 0. The summed E-state index contributed by atoms with van der Waals surface area (Å²) in [6.07, 6.45) is 1.63. The molecule has 2 N–H and O–H groups in total. The summed E-state index contributed by atoms with van der Waals surface area (Å²) < 4.78 is 16.0. The molecule has 0 aliphatic heterocycles. The summed E-state index contributed by atoms with van der Waals surface area (Å²) in [6.45, 7) is 10.9. The van der Waals surface area contributed by atoms with Crippen LogP contribution in [0.15, 0.2) is 18.2 Å². The van der Waals surface area contributed by atoms with Gasteiger partial charge in [-0.25, -0.2) is 0 Å². The van der Waals surface area contributed by atoms with Gasteiger partial charge in [0.1, 0.15) is 12.1 Å². The number of esters is 3. The molecule has 0 spiro atoms. The Labute approximate surface area is 207 Å². The first-order valence-electron chi connectivity index (χ1n) is 12.1. The quantitative estimate of drug-likeness (QED) is 0.276. The van der Waals surface area contributed by atoms with Crippen LogP contribution < -0.4 is 14.8 Å². The summed E-state index contributed by atoms with van der Waals surface area (Å²) in [5.41, 5.74) is 0.568. The number of benzene rings is 1. The van der Waals surface area contributed by atoms with E-state index in [0.29, 0.717) is 5.56 Å². The van der Waals surface area contributed by atoms with E-state index in [1.165, 1.54) is 19.1 Å².